The van der Waals surface area contributed by atoms with E-state index in [1.807, 2.05) is 102 Å². The molecule has 2 aromatic carbocycles. The number of benzene rings is 2. The van der Waals surface area contributed by atoms with Gasteiger partial charge in [0.15, 0.2) is 17.2 Å². The zero-order chi connectivity index (χ0) is 22.6. The molecular formula is C27H31NO3. The Morgan fingerprint density at radius 3 is 1.90 bits per heavy atom. The first-order valence-corrected chi connectivity index (χ1v) is 10.9. The minimum absolute atomic E-state index is 0.00527. The van der Waals surface area contributed by atoms with E-state index in [0.717, 1.165) is 11.3 Å². The smallest absolute Gasteiger partial charge is 0.192 e. The molecule has 0 bridgehead atoms. The van der Waals surface area contributed by atoms with Crippen molar-refractivity contribution in [1.29, 1.82) is 0 Å². The molecule has 1 heterocycles. The minimum Gasteiger partial charge on any atom is -0.294 e. The summed E-state index contributed by atoms with van der Waals surface area (Å²) in [6.07, 6.45) is 1.54. The van der Waals surface area contributed by atoms with Crippen LogP contribution in [0, 0.1) is 16.7 Å². The monoisotopic (exact) mass is 417 g/mol. The third kappa shape index (κ3) is 3.25. The summed E-state index contributed by atoms with van der Waals surface area (Å²) in [4.78, 5) is 34.5. The zero-order valence-electron chi connectivity index (χ0n) is 19.2. The number of rotatable bonds is 2. The largest absolute Gasteiger partial charge is 0.294 e. The standard InChI is InChI=1S/C27H31NO3/c1-25(2,3)20-17-21(29)27(26(4,5)6)22(24(20)30)23(18-13-9-7-10-14-18)28(31-27)19-15-11-8-12-16-19/h7-17,22-23H,1-6H3. The molecule has 31 heavy (non-hydrogen) atoms. The van der Waals surface area contributed by atoms with Crippen molar-refractivity contribution in [2.75, 3.05) is 5.06 Å². The van der Waals surface area contributed by atoms with Gasteiger partial charge >= 0.3 is 0 Å². The first-order valence-electron chi connectivity index (χ1n) is 10.9. The van der Waals surface area contributed by atoms with Crippen molar-refractivity contribution in [2.24, 2.45) is 16.7 Å². The highest BCUT2D eigenvalue weighted by atomic mass is 16.7. The lowest BCUT2D eigenvalue weighted by molar-refractivity contribution is -0.162. The van der Waals surface area contributed by atoms with Crippen molar-refractivity contribution in [1.82, 2.24) is 0 Å². The van der Waals surface area contributed by atoms with Crippen LogP contribution in [-0.2, 0) is 14.4 Å². The second kappa shape index (κ2) is 7.16. The fourth-order valence-corrected chi connectivity index (χ4v) is 4.96. The Balaban J connectivity index is 2.00. The number of hydroxylamine groups is 1. The molecule has 3 unspecified atom stereocenters. The number of ketones is 2. The number of nitrogens with zero attached hydrogens (tertiary/aromatic N) is 1. The van der Waals surface area contributed by atoms with Crippen LogP contribution in [0.2, 0.25) is 0 Å². The Hall–Kier alpha value is -2.72. The molecule has 4 rings (SSSR count). The van der Waals surface area contributed by atoms with E-state index in [0.29, 0.717) is 5.57 Å². The van der Waals surface area contributed by atoms with E-state index in [2.05, 4.69) is 0 Å². The van der Waals surface area contributed by atoms with Gasteiger partial charge < -0.3 is 0 Å². The van der Waals surface area contributed by atoms with Crippen LogP contribution in [0.25, 0.3) is 0 Å². The molecule has 1 aliphatic carbocycles. The molecule has 0 N–H and O–H groups in total. The Labute approximate surface area is 184 Å². The molecule has 0 radical (unpaired) electrons. The lowest BCUT2D eigenvalue weighted by Crippen LogP contribution is -2.59. The molecule has 3 atom stereocenters. The zero-order valence-corrected chi connectivity index (χ0v) is 19.2. The number of allylic oxidation sites excluding steroid dienone is 1. The number of para-hydroxylation sites is 1. The van der Waals surface area contributed by atoms with Crippen LogP contribution >= 0.6 is 0 Å². The summed E-state index contributed by atoms with van der Waals surface area (Å²) in [7, 11) is 0. The van der Waals surface area contributed by atoms with Crippen molar-refractivity contribution in [3.8, 4) is 0 Å². The van der Waals surface area contributed by atoms with Crippen LogP contribution in [0.5, 0.6) is 0 Å². The number of carbonyl (C=O) groups is 2. The predicted octanol–water partition coefficient (Wildman–Crippen LogP) is 5.70. The maximum atomic E-state index is 14.1. The molecule has 1 fully saturated rings. The Kier molecular flexibility index (Phi) is 4.97. The van der Waals surface area contributed by atoms with Gasteiger partial charge in [-0.1, -0.05) is 90.1 Å². The molecule has 0 spiro atoms. The number of hydrogen-bond donors (Lipinski definition) is 0. The van der Waals surface area contributed by atoms with Gasteiger partial charge in [-0.25, -0.2) is 5.06 Å². The topological polar surface area (TPSA) is 46.6 Å². The van der Waals surface area contributed by atoms with Crippen LogP contribution in [0.15, 0.2) is 72.3 Å². The highest BCUT2D eigenvalue weighted by molar-refractivity contribution is 6.16. The molecule has 0 amide bonds. The normalized spacial score (nSPS) is 26.6. The number of anilines is 1. The fourth-order valence-electron chi connectivity index (χ4n) is 4.96. The van der Waals surface area contributed by atoms with E-state index in [9.17, 15) is 9.59 Å². The summed E-state index contributed by atoms with van der Waals surface area (Å²) >= 11 is 0. The molecule has 162 valence electrons. The maximum absolute atomic E-state index is 14.1. The van der Waals surface area contributed by atoms with Crippen LogP contribution in [-0.4, -0.2) is 17.2 Å². The molecular weight excluding hydrogens is 386 g/mol. The quantitative estimate of drug-likeness (QED) is 0.628. The van der Waals surface area contributed by atoms with Crippen molar-refractivity contribution in [3.63, 3.8) is 0 Å². The second-order valence-corrected chi connectivity index (χ2v) is 10.6. The van der Waals surface area contributed by atoms with E-state index in [-0.39, 0.29) is 11.6 Å². The van der Waals surface area contributed by atoms with Gasteiger partial charge in [0, 0.05) is 11.0 Å². The number of fused-ring (bicyclic) bond motifs is 1. The average molecular weight is 418 g/mol. The highest BCUT2D eigenvalue weighted by Crippen LogP contribution is 2.58. The van der Waals surface area contributed by atoms with Gasteiger partial charge in [0.05, 0.1) is 17.6 Å². The molecule has 4 heteroatoms. The van der Waals surface area contributed by atoms with Gasteiger partial charge in [0.2, 0.25) is 0 Å². The summed E-state index contributed by atoms with van der Waals surface area (Å²) in [5.74, 6) is -0.787. The van der Waals surface area contributed by atoms with E-state index in [4.69, 9.17) is 4.84 Å². The number of hydrogen-bond acceptors (Lipinski definition) is 4. The SMILES string of the molecule is CC(C)(C)C1=CC(=O)C2(C(C)(C)C)ON(c3ccccc3)C(c3ccccc3)C2C1=O. The van der Waals surface area contributed by atoms with Crippen molar-refractivity contribution in [3.05, 3.63) is 77.9 Å². The average Bonchev–Trinajstić information content (AvgIpc) is 3.10. The van der Waals surface area contributed by atoms with Gasteiger partial charge in [-0.3, -0.25) is 14.4 Å². The summed E-state index contributed by atoms with van der Waals surface area (Å²) in [5.41, 5.74) is 0.0433. The summed E-state index contributed by atoms with van der Waals surface area (Å²) in [6, 6.07) is 19.2. The van der Waals surface area contributed by atoms with Crippen molar-refractivity contribution < 1.29 is 14.4 Å². The van der Waals surface area contributed by atoms with Crippen LogP contribution < -0.4 is 5.06 Å². The Morgan fingerprint density at radius 2 is 1.39 bits per heavy atom. The van der Waals surface area contributed by atoms with Crippen molar-refractivity contribution >= 4 is 17.3 Å². The maximum Gasteiger partial charge on any atom is 0.192 e. The molecule has 2 aromatic rings. The molecule has 1 aliphatic heterocycles. The van der Waals surface area contributed by atoms with Crippen molar-refractivity contribution in [2.45, 2.75) is 53.2 Å². The molecule has 4 nitrogen and oxygen atoms in total. The molecule has 1 saturated heterocycles. The van der Waals surface area contributed by atoms with Gasteiger partial charge in [-0.05, 0) is 29.2 Å². The second-order valence-electron chi connectivity index (χ2n) is 10.6. The van der Waals surface area contributed by atoms with Crippen LogP contribution in [0.4, 0.5) is 5.69 Å². The summed E-state index contributed by atoms with van der Waals surface area (Å²) in [6.45, 7) is 11.9. The first kappa shape index (κ1) is 21.5. The van der Waals surface area contributed by atoms with E-state index >= 15 is 0 Å². The minimum atomic E-state index is -1.28. The lowest BCUT2D eigenvalue weighted by Gasteiger charge is -2.45. The van der Waals surface area contributed by atoms with Crippen LogP contribution in [0.1, 0.15) is 53.1 Å². The number of carbonyl (C=O) groups excluding carboxylic acids is 2. The number of Topliss-reactive ketones (excluding diaryl/α,β-unsaturated/α-hetero) is 1. The third-order valence-corrected chi connectivity index (χ3v) is 6.51. The van der Waals surface area contributed by atoms with Gasteiger partial charge in [-0.15, -0.1) is 0 Å². The van der Waals surface area contributed by atoms with E-state index in [1.165, 1.54) is 0 Å². The van der Waals surface area contributed by atoms with Gasteiger partial charge in [0.1, 0.15) is 0 Å². The molecule has 2 aliphatic rings. The Morgan fingerprint density at radius 1 is 0.839 bits per heavy atom. The van der Waals surface area contributed by atoms with E-state index in [1.54, 1.807) is 11.1 Å². The third-order valence-electron chi connectivity index (χ3n) is 6.51. The first-order chi connectivity index (χ1) is 14.5. The summed E-state index contributed by atoms with van der Waals surface area (Å²) < 4.78 is 0. The van der Waals surface area contributed by atoms with Gasteiger partial charge in [-0.2, -0.15) is 0 Å². The Bertz CT molecular complexity index is 1030. The summed E-state index contributed by atoms with van der Waals surface area (Å²) in [5, 5.41) is 1.79. The fraction of sp³-hybridized carbons (Fsp3) is 0.407. The van der Waals surface area contributed by atoms with Crippen LogP contribution in [0.3, 0.4) is 0 Å². The highest BCUT2D eigenvalue weighted by Gasteiger charge is 2.69. The van der Waals surface area contributed by atoms with Gasteiger partial charge in [0.25, 0.3) is 0 Å². The molecule has 0 saturated carbocycles. The molecule has 0 aromatic heterocycles. The van der Waals surface area contributed by atoms with E-state index < -0.39 is 28.4 Å². The lowest BCUT2D eigenvalue weighted by atomic mass is 9.58. The predicted molar refractivity (Wildman–Crippen MR) is 122 cm³/mol.